The molecule has 1 aromatic carbocycles. The van der Waals surface area contributed by atoms with Crippen molar-refractivity contribution in [2.45, 2.75) is 89.7 Å². The Hall–Kier alpha value is -2.49. The highest BCUT2D eigenvalue weighted by molar-refractivity contribution is 5.89. The molecule has 0 aromatic heterocycles. The van der Waals surface area contributed by atoms with Gasteiger partial charge in [0.15, 0.2) is 0 Å². The van der Waals surface area contributed by atoms with Crippen LogP contribution in [0.5, 0.6) is 0 Å². The SMILES string of the molecule is CC(=O)O[C@@H]1[C@H]2[C@H](O)[C@H](OC(=O)c3ccccc3)[C@]3(C)[C@@H](OC(C)=O)[C@H](O)C[C@@H](C)[C@@]13OC2(C)C. The van der Waals surface area contributed by atoms with E-state index in [0.717, 1.165) is 0 Å². The molecule has 3 aliphatic rings. The van der Waals surface area contributed by atoms with Crippen LogP contribution in [0.2, 0.25) is 0 Å². The first-order chi connectivity index (χ1) is 16.3. The second-order valence-electron chi connectivity index (χ2n) is 10.8. The Balaban J connectivity index is 1.92. The van der Waals surface area contributed by atoms with Crippen LogP contribution in [-0.4, -0.2) is 69.8 Å². The van der Waals surface area contributed by atoms with E-state index in [1.54, 1.807) is 51.1 Å². The van der Waals surface area contributed by atoms with Crippen molar-refractivity contribution in [2.75, 3.05) is 0 Å². The zero-order valence-electron chi connectivity index (χ0n) is 20.9. The smallest absolute Gasteiger partial charge is 0.338 e. The highest BCUT2D eigenvalue weighted by Crippen LogP contribution is 2.67. The summed E-state index contributed by atoms with van der Waals surface area (Å²) in [6.45, 7) is 9.59. The number of aliphatic hydroxyl groups excluding tert-OH is 2. The van der Waals surface area contributed by atoms with Crippen LogP contribution < -0.4 is 0 Å². The monoisotopic (exact) mass is 490 g/mol. The van der Waals surface area contributed by atoms with E-state index in [2.05, 4.69) is 0 Å². The highest BCUT2D eigenvalue weighted by atomic mass is 16.6. The maximum Gasteiger partial charge on any atom is 0.338 e. The molecule has 2 N–H and O–H groups in total. The predicted octanol–water partition coefficient (Wildman–Crippen LogP) is 2.02. The maximum absolute atomic E-state index is 13.2. The molecule has 1 saturated heterocycles. The van der Waals surface area contributed by atoms with Crippen molar-refractivity contribution < 1.29 is 43.5 Å². The van der Waals surface area contributed by atoms with E-state index in [-0.39, 0.29) is 12.0 Å². The number of esters is 3. The van der Waals surface area contributed by atoms with Crippen LogP contribution in [0, 0.1) is 17.3 Å². The van der Waals surface area contributed by atoms with E-state index in [1.807, 2.05) is 6.92 Å². The third kappa shape index (κ3) is 3.67. The van der Waals surface area contributed by atoms with Gasteiger partial charge in [-0.2, -0.15) is 0 Å². The molecule has 9 atom stereocenters. The molecule has 0 radical (unpaired) electrons. The van der Waals surface area contributed by atoms with Gasteiger partial charge < -0.3 is 29.2 Å². The molecule has 9 nitrogen and oxygen atoms in total. The van der Waals surface area contributed by atoms with Gasteiger partial charge in [0.1, 0.15) is 30.0 Å². The Morgan fingerprint density at radius 2 is 1.49 bits per heavy atom. The number of carbonyl (C=O) groups excluding carboxylic acids is 3. The molecule has 3 fully saturated rings. The van der Waals surface area contributed by atoms with Crippen molar-refractivity contribution in [3.05, 3.63) is 35.9 Å². The molecule has 9 heteroatoms. The summed E-state index contributed by atoms with van der Waals surface area (Å²) in [5, 5.41) is 22.8. The van der Waals surface area contributed by atoms with E-state index < -0.39 is 76.9 Å². The Labute approximate surface area is 204 Å². The molecule has 35 heavy (non-hydrogen) atoms. The standard InChI is InChI=1S/C26H34O9/c1-13-12-17(29)20(32-14(2)27)25(6)22(34-23(31)16-10-8-7-9-11-16)19(30)18-21(33-15(3)28)26(13,25)35-24(18,4)5/h7-11,13,17-22,29-30H,12H2,1-6H3/t13-,17-,18-,19+,20+,21-,22+,25+,26-/m1/s1. The van der Waals surface area contributed by atoms with Crippen LogP contribution in [0.15, 0.2) is 30.3 Å². The summed E-state index contributed by atoms with van der Waals surface area (Å²) in [5.74, 6) is -3.04. The fraction of sp³-hybridized carbons (Fsp3) is 0.654. The number of fused-ring (bicyclic) bond motifs is 1. The average molecular weight is 491 g/mol. The fourth-order valence-electron chi connectivity index (χ4n) is 6.99. The van der Waals surface area contributed by atoms with E-state index in [0.29, 0.717) is 0 Å². The van der Waals surface area contributed by atoms with Gasteiger partial charge in [-0.25, -0.2) is 4.79 Å². The number of benzene rings is 1. The van der Waals surface area contributed by atoms with Gasteiger partial charge in [-0.1, -0.05) is 25.1 Å². The molecule has 1 spiro atoms. The molecule has 2 saturated carbocycles. The number of hydrogen-bond acceptors (Lipinski definition) is 9. The van der Waals surface area contributed by atoms with Crippen LogP contribution in [0.3, 0.4) is 0 Å². The van der Waals surface area contributed by atoms with Crippen LogP contribution in [-0.2, 0) is 28.5 Å². The van der Waals surface area contributed by atoms with Crippen LogP contribution in [0.4, 0.5) is 0 Å². The molecular formula is C26H34O9. The third-order valence-electron chi connectivity index (χ3n) is 8.19. The highest BCUT2D eigenvalue weighted by Gasteiger charge is 2.82. The third-order valence-corrected chi connectivity index (χ3v) is 8.19. The predicted molar refractivity (Wildman–Crippen MR) is 122 cm³/mol. The molecule has 0 amide bonds. The van der Waals surface area contributed by atoms with Gasteiger partial charge in [0.2, 0.25) is 0 Å². The maximum atomic E-state index is 13.2. The van der Waals surface area contributed by atoms with Crippen molar-refractivity contribution in [1.82, 2.24) is 0 Å². The minimum Gasteiger partial charge on any atom is -0.459 e. The first-order valence-electron chi connectivity index (χ1n) is 11.9. The lowest BCUT2D eigenvalue weighted by molar-refractivity contribution is -0.313. The lowest BCUT2D eigenvalue weighted by atomic mass is 9.47. The molecular weight excluding hydrogens is 456 g/mol. The molecule has 2 aliphatic carbocycles. The number of carbonyl (C=O) groups is 3. The van der Waals surface area contributed by atoms with Crippen molar-refractivity contribution >= 4 is 17.9 Å². The average Bonchev–Trinajstić information content (AvgIpc) is 2.97. The van der Waals surface area contributed by atoms with E-state index in [4.69, 9.17) is 18.9 Å². The Bertz CT molecular complexity index is 1010. The largest absolute Gasteiger partial charge is 0.459 e. The van der Waals surface area contributed by atoms with Crippen LogP contribution in [0.25, 0.3) is 0 Å². The second kappa shape index (κ2) is 8.57. The number of rotatable bonds is 4. The Morgan fingerprint density at radius 3 is 2.06 bits per heavy atom. The molecule has 1 heterocycles. The number of hydrogen-bond donors (Lipinski definition) is 2. The van der Waals surface area contributed by atoms with Crippen molar-refractivity contribution in [2.24, 2.45) is 17.3 Å². The van der Waals surface area contributed by atoms with Gasteiger partial charge in [0.25, 0.3) is 0 Å². The Kier molecular flexibility index (Phi) is 6.27. The second-order valence-corrected chi connectivity index (χ2v) is 10.8. The van der Waals surface area contributed by atoms with Gasteiger partial charge in [0, 0.05) is 13.8 Å². The lowest BCUT2D eigenvalue weighted by Gasteiger charge is -2.63. The molecule has 4 rings (SSSR count). The van der Waals surface area contributed by atoms with Gasteiger partial charge >= 0.3 is 17.9 Å². The van der Waals surface area contributed by atoms with E-state index in [1.165, 1.54) is 13.8 Å². The van der Waals surface area contributed by atoms with Crippen LogP contribution >= 0.6 is 0 Å². The van der Waals surface area contributed by atoms with Crippen molar-refractivity contribution in [1.29, 1.82) is 0 Å². The van der Waals surface area contributed by atoms with Crippen molar-refractivity contribution in [3.63, 3.8) is 0 Å². The molecule has 1 aliphatic heterocycles. The minimum atomic E-state index is -1.47. The summed E-state index contributed by atoms with van der Waals surface area (Å²) < 4.78 is 24.2. The van der Waals surface area contributed by atoms with Gasteiger partial charge in [-0.15, -0.1) is 0 Å². The zero-order chi connectivity index (χ0) is 25.9. The van der Waals surface area contributed by atoms with Gasteiger partial charge in [-0.05, 0) is 45.2 Å². The normalized spacial score (nSPS) is 41.4. The fourth-order valence-corrected chi connectivity index (χ4v) is 6.99. The van der Waals surface area contributed by atoms with Gasteiger partial charge in [-0.3, -0.25) is 9.59 Å². The summed E-state index contributed by atoms with van der Waals surface area (Å²) >= 11 is 0. The molecule has 2 bridgehead atoms. The summed E-state index contributed by atoms with van der Waals surface area (Å²) in [6.07, 6.45) is -5.66. The van der Waals surface area contributed by atoms with Crippen molar-refractivity contribution in [3.8, 4) is 0 Å². The Morgan fingerprint density at radius 1 is 0.914 bits per heavy atom. The first-order valence-corrected chi connectivity index (χ1v) is 11.9. The van der Waals surface area contributed by atoms with Gasteiger partial charge in [0.05, 0.1) is 28.6 Å². The summed E-state index contributed by atoms with van der Waals surface area (Å²) in [4.78, 5) is 37.6. The lowest BCUT2D eigenvalue weighted by Crippen LogP contribution is -2.78. The molecule has 0 unspecified atom stereocenters. The van der Waals surface area contributed by atoms with E-state index in [9.17, 15) is 24.6 Å². The van der Waals surface area contributed by atoms with Crippen LogP contribution in [0.1, 0.15) is 58.3 Å². The molecule has 192 valence electrons. The first kappa shape index (κ1) is 25.6. The summed E-state index contributed by atoms with van der Waals surface area (Å²) in [7, 11) is 0. The van der Waals surface area contributed by atoms with E-state index >= 15 is 0 Å². The topological polar surface area (TPSA) is 129 Å². The quantitative estimate of drug-likeness (QED) is 0.481. The minimum absolute atomic E-state index is 0.184. The summed E-state index contributed by atoms with van der Waals surface area (Å²) in [5.41, 5.74) is -3.51. The molecule has 1 aromatic rings. The number of aliphatic hydroxyl groups is 2. The summed E-state index contributed by atoms with van der Waals surface area (Å²) in [6, 6.07) is 8.33. The zero-order valence-corrected chi connectivity index (χ0v) is 20.9. The number of ether oxygens (including phenoxy) is 4.